The van der Waals surface area contributed by atoms with Crippen LogP contribution in [0.2, 0.25) is 0 Å². The Morgan fingerprint density at radius 2 is 2.05 bits per heavy atom. The van der Waals surface area contributed by atoms with E-state index in [1.54, 1.807) is 31.3 Å². The molecule has 0 radical (unpaired) electrons. The van der Waals surface area contributed by atoms with Crippen LogP contribution < -0.4 is 0 Å². The molecule has 1 heterocycles. The monoisotopic (exact) mass is 260 g/mol. The van der Waals surface area contributed by atoms with Crippen molar-refractivity contribution in [3.05, 3.63) is 59.7 Å². The number of hydrogen-bond acceptors (Lipinski definition) is 3. The number of phenols is 1. The molecule has 19 heavy (non-hydrogen) atoms. The fourth-order valence-corrected chi connectivity index (χ4v) is 1.69. The van der Waals surface area contributed by atoms with Crippen molar-refractivity contribution in [3.63, 3.8) is 0 Å². The third-order valence-corrected chi connectivity index (χ3v) is 2.72. The summed E-state index contributed by atoms with van der Waals surface area (Å²) in [7, 11) is 1.61. The first-order chi connectivity index (χ1) is 9.08. The van der Waals surface area contributed by atoms with Crippen LogP contribution in [0.5, 0.6) is 5.75 Å². The summed E-state index contributed by atoms with van der Waals surface area (Å²) >= 11 is 0. The number of halogens is 1. The molecule has 0 spiro atoms. The zero-order valence-corrected chi connectivity index (χ0v) is 10.4. The van der Waals surface area contributed by atoms with Crippen molar-refractivity contribution in [1.82, 2.24) is 9.88 Å². The topological polar surface area (TPSA) is 53.4 Å². The van der Waals surface area contributed by atoms with Gasteiger partial charge in [0.1, 0.15) is 5.75 Å². The summed E-state index contributed by atoms with van der Waals surface area (Å²) in [6.45, 7) is 0.267. The second kappa shape index (κ2) is 5.48. The van der Waals surface area contributed by atoms with Gasteiger partial charge in [0.05, 0.1) is 5.56 Å². The molecule has 0 saturated carbocycles. The van der Waals surface area contributed by atoms with Crippen molar-refractivity contribution in [1.29, 1.82) is 0 Å². The predicted molar refractivity (Wildman–Crippen MR) is 68.1 cm³/mol. The smallest absolute Gasteiger partial charge is 0.255 e. The van der Waals surface area contributed by atoms with Gasteiger partial charge in [-0.25, -0.2) is 4.98 Å². The van der Waals surface area contributed by atoms with Crippen molar-refractivity contribution in [2.75, 3.05) is 7.05 Å². The first-order valence-corrected chi connectivity index (χ1v) is 5.72. The second-order valence-electron chi connectivity index (χ2n) is 4.16. The molecule has 0 aliphatic carbocycles. The number of carbonyl (C=O) groups is 1. The van der Waals surface area contributed by atoms with Crippen LogP contribution >= 0.6 is 0 Å². The van der Waals surface area contributed by atoms with E-state index in [1.165, 1.54) is 17.2 Å². The van der Waals surface area contributed by atoms with Crippen LogP contribution in [0.1, 0.15) is 15.9 Å². The molecule has 2 rings (SSSR count). The SMILES string of the molecule is CN(Cc1ccccc1O)C(=O)c1ccc(F)nc1. The minimum absolute atomic E-state index is 0.138. The maximum Gasteiger partial charge on any atom is 0.255 e. The highest BCUT2D eigenvalue weighted by Gasteiger charge is 2.13. The number of aromatic hydroxyl groups is 1. The highest BCUT2D eigenvalue weighted by Crippen LogP contribution is 2.18. The van der Waals surface area contributed by atoms with Gasteiger partial charge in [0, 0.05) is 25.4 Å². The van der Waals surface area contributed by atoms with Crippen molar-refractivity contribution < 1.29 is 14.3 Å². The van der Waals surface area contributed by atoms with E-state index in [-0.39, 0.29) is 18.2 Å². The lowest BCUT2D eigenvalue weighted by molar-refractivity contribution is 0.0784. The molecule has 1 aromatic carbocycles. The van der Waals surface area contributed by atoms with Gasteiger partial charge in [0.15, 0.2) is 0 Å². The van der Waals surface area contributed by atoms with E-state index in [2.05, 4.69) is 4.98 Å². The molecule has 0 aliphatic rings. The average molecular weight is 260 g/mol. The molecule has 1 N–H and O–H groups in total. The van der Waals surface area contributed by atoms with Crippen LogP contribution in [0.15, 0.2) is 42.6 Å². The third kappa shape index (κ3) is 3.07. The number of phenolic OH excluding ortho intramolecular Hbond substituents is 1. The molecule has 4 nitrogen and oxygen atoms in total. The van der Waals surface area contributed by atoms with E-state index >= 15 is 0 Å². The number of rotatable bonds is 3. The molecule has 0 fully saturated rings. The van der Waals surface area contributed by atoms with E-state index in [1.807, 2.05) is 0 Å². The second-order valence-corrected chi connectivity index (χ2v) is 4.16. The predicted octanol–water partition coefficient (Wildman–Crippen LogP) is 2.20. The Balaban J connectivity index is 2.12. The van der Waals surface area contributed by atoms with E-state index in [4.69, 9.17) is 0 Å². The standard InChI is InChI=1S/C14H13FN2O2/c1-17(9-11-4-2-3-5-12(11)18)14(19)10-6-7-13(15)16-8-10/h2-8,18H,9H2,1H3. The van der Waals surface area contributed by atoms with Gasteiger partial charge in [-0.15, -0.1) is 0 Å². The minimum atomic E-state index is -0.625. The first-order valence-electron chi connectivity index (χ1n) is 5.72. The minimum Gasteiger partial charge on any atom is -0.508 e. The van der Waals surface area contributed by atoms with Crippen LogP contribution in [0.25, 0.3) is 0 Å². The quantitative estimate of drug-likeness (QED) is 0.861. The lowest BCUT2D eigenvalue weighted by Gasteiger charge is -2.17. The van der Waals surface area contributed by atoms with Gasteiger partial charge in [-0.3, -0.25) is 4.79 Å². The van der Waals surface area contributed by atoms with Crippen LogP contribution in [0.3, 0.4) is 0 Å². The van der Waals surface area contributed by atoms with Gasteiger partial charge >= 0.3 is 0 Å². The number of benzene rings is 1. The summed E-state index contributed by atoms with van der Waals surface area (Å²) in [4.78, 5) is 16.9. The summed E-state index contributed by atoms with van der Waals surface area (Å²) in [5, 5.41) is 9.65. The summed E-state index contributed by atoms with van der Waals surface area (Å²) in [5.74, 6) is -0.768. The average Bonchev–Trinajstić information content (AvgIpc) is 2.41. The molecule has 0 bridgehead atoms. The van der Waals surface area contributed by atoms with Crippen LogP contribution in [-0.4, -0.2) is 27.9 Å². The van der Waals surface area contributed by atoms with E-state index in [9.17, 15) is 14.3 Å². The molecule has 0 atom stereocenters. The summed E-state index contributed by atoms with van der Waals surface area (Å²) in [5.41, 5.74) is 0.952. The van der Waals surface area contributed by atoms with Gasteiger partial charge < -0.3 is 10.0 Å². The molecule has 1 aromatic heterocycles. The van der Waals surface area contributed by atoms with Gasteiger partial charge in [0.25, 0.3) is 5.91 Å². The molecule has 2 aromatic rings. The Labute approximate surface area is 110 Å². The van der Waals surface area contributed by atoms with Crippen LogP contribution in [0.4, 0.5) is 4.39 Å². The Bertz CT molecular complexity index is 584. The number of para-hydroxylation sites is 1. The van der Waals surface area contributed by atoms with E-state index < -0.39 is 5.95 Å². The fourth-order valence-electron chi connectivity index (χ4n) is 1.69. The number of amides is 1. The van der Waals surface area contributed by atoms with Crippen molar-refractivity contribution in [2.45, 2.75) is 6.54 Å². The summed E-state index contributed by atoms with van der Waals surface area (Å²) < 4.78 is 12.7. The molecule has 98 valence electrons. The van der Waals surface area contributed by atoms with E-state index in [0.29, 0.717) is 11.1 Å². The summed E-state index contributed by atoms with van der Waals surface area (Å²) in [6.07, 6.45) is 1.19. The summed E-state index contributed by atoms with van der Waals surface area (Å²) in [6, 6.07) is 9.32. The van der Waals surface area contributed by atoms with Crippen molar-refractivity contribution in [2.24, 2.45) is 0 Å². The Morgan fingerprint density at radius 3 is 2.68 bits per heavy atom. The number of pyridine rings is 1. The molecule has 5 heteroatoms. The van der Waals surface area contributed by atoms with Crippen LogP contribution in [-0.2, 0) is 6.54 Å². The maximum absolute atomic E-state index is 12.7. The lowest BCUT2D eigenvalue weighted by Crippen LogP contribution is -2.26. The van der Waals surface area contributed by atoms with Gasteiger partial charge in [-0.1, -0.05) is 18.2 Å². The van der Waals surface area contributed by atoms with Gasteiger partial charge in [0.2, 0.25) is 5.95 Å². The van der Waals surface area contributed by atoms with Gasteiger partial charge in [-0.2, -0.15) is 4.39 Å². The third-order valence-electron chi connectivity index (χ3n) is 2.72. The molecule has 0 aliphatic heterocycles. The zero-order valence-electron chi connectivity index (χ0n) is 10.4. The molecule has 1 amide bonds. The van der Waals surface area contributed by atoms with Gasteiger partial charge in [-0.05, 0) is 18.2 Å². The van der Waals surface area contributed by atoms with Crippen molar-refractivity contribution in [3.8, 4) is 5.75 Å². The van der Waals surface area contributed by atoms with Crippen LogP contribution in [0, 0.1) is 5.95 Å². The number of nitrogens with zero attached hydrogens (tertiary/aromatic N) is 2. The molecule has 0 unspecified atom stereocenters. The normalized spacial score (nSPS) is 10.2. The molecular formula is C14H13FN2O2. The fraction of sp³-hybridized carbons (Fsp3) is 0.143. The first kappa shape index (κ1) is 13.0. The van der Waals surface area contributed by atoms with E-state index in [0.717, 1.165) is 6.07 Å². The number of aromatic nitrogens is 1. The maximum atomic E-state index is 12.7. The zero-order chi connectivity index (χ0) is 13.8. The Hall–Kier alpha value is -2.43. The Morgan fingerprint density at radius 1 is 1.32 bits per heavy atom. The highest BCUT2D eigenvalue weighted by molar-refractivity contribution is 5.93. The highest BCUT2D eigenvalue weighted by atomic mass is 19.1. The molecule has 0 saturated heterocycles. The lowest BCUT2D eigenvalue weighted by atomic mass is 10.2. The Kier molecular flexibility index (Phi) is 3.75. The molecular weight excluding hydrogens is 247 g/mol. The number of carbonyl (C=O) groups excluding carboxylic acids is 1. The van der Waals surface area contributed by atoms with Crippen molar-refractivity contribution >= 4 is 5.91 Å². The number of hydrogen-bond donors (Lipinski definition) is 1. The largest absolute Gasteiger partial charge is 0.508 e.